The van der Waals surface area contributed by atoms with Crippen molar-refractivity contribution in [2.45, 2.75) is 79.3 Å². The quantitative estimate of drug-likeness (QED) is 0.735. The lowest BCUT2D eigenvalue weighted by Crippen LogP contribution is -2.43. The maximum Gasteiger partial charge on any atom is 0.415 e. The van der Waals surface area contributed by atoms with E-state index in [1.54, 1.807) is 0 Å². The largest absolute Gasteiger partial charge is 0.415 e. The van der Waals surface area contributed by atoms with E-state index in [1.165, 1.54) is 12.8 Å². The minimum Gasteiger partial charge on any atom is -0.415 e. The number of ether oxygens (including phenoxy) is 1. The maximum absolute atomic E-state index is 12.4. The third-order valence-corrected chi connectivity index (χ3v) is 5.35. The average molecular weight is 293 g/mol. The van der Waals surface area contributed by atoms with E-state index in [2.05, 4.69) is 19.9 Å². The molecule has 2 aliphatic rings. The second-order valence-corrected chi connectivity index (χ2v) is 7.96. The van der Waals surface area contributed by atoms with E-state index in [1.807, 2.05) is 32.6 Å². The molecule has 1 amide bonds. The molecule has 2 bridgehead atoms. The summed E-state index contributed by atoms with van der Waals surface area (Å²) in [4.78, 5) is 14.3. The summed E-state index contributed by atoms with van der Waals surface area (Å²) in [7, 11) is 0. The molecule has 3 heteroatoms. The van der Waals surface area contributed by atoms with E-state index in [4.69, 9.17) is 4.74 Å². The fourth-order valence-electron chi connectivity index (χ4n) is 3.93. The van der Waals surface area contributed by atoms with Crippen molar-refractivity contribution in [3.63, 3.8) is 0 Å². The number of amides is 1. The standard InChI is InChI=1S/C18H31NO2/c1-12(2)19(13(3)4)17(20)21-16-8-7-15-11-14(16)9-10-18(15,5)6/h8,12-15H,7,9-11H2,1-6H3/t14-,15-/m0/s1. The van der Waals surface area contributed by atoms with Crippen LogP contribution >= 0.6 is 0 Å². The van der Waals surface area contributed by atoms with Crippen LogP contribution in [0.4, 0.5) is 4.79 Å². The van der Waals surface area contributed by atoms with Gasteiger partial charge in [-0.3, -0.25) is 0 Å². The Kier molecular flexibility index (Phi) is 4.69. The molecule has 2 atom stereocenters. The summed E-state index contributed by atoms with van der Waals surface area (Å²) in [6.45, 7) is 12.9. The fraction of sp³-hybridized carbons (Fsp3) is 0.833. The molecule has 1 fully saturated rings. The summed E-state index contributed by atoms with van der Waals surface area (Å²) in [5.74, 6) is 2.12. The molecule has 3 nitrogen and oxygen atoms in total. The van der Waals surface area contributed by atoms with Crippen molar-refractivity contribution >= 4 is 6.09 Å². The Hall–Kier alpha value is -0.990. The van der Waals surface area contributed by atoms with Gasteiger partial charge in [-0.05, 0) is 70.8 Å². The zero-order chi connectivity index (χ0) is 15.8. The third kappa shape index (κ3) is 3.44. The Morgan fingerprint density at radius 3 is 2.48 bits per heavy atom. The van der Waals surface area contributed by atoms with E-state index in [0.717, 1.165) is 24.5 Å². The first-order valence-corrected chi connectivity index (χ1v) is 8.42. The summed E-state index contributed by atoms with van der Waals surface area (Å²) in [6.07, 6.45) is 6.59. The van der Waals surface area contributed by atoms with Crippen LogP contribution in [-0.2, 0) is 4.74 Å². The van der Waals surface area contributed by atoms with Crippen molar-refractivity contribution in [2.75, 3.05) is 0 Å². The SMILES string of the molecule is CC(C)N(C(=O)OC1=CC[C@H]2C[C@@H]1CCC2(C)C)C(C)C. The Balaban J connectivity index is 2.05. The number of hydrogen-bond donors (Lipinski definition) is 0. The average Bonchev–Trinajstić information content (AvgIpc) is 2.35. The zero-order valence-corrected chi connectivity index (χ0v) is 14.5. The first kappa shape index (κ1) is 16.4. The van der Waals surface area contributed by atoms with Crippen LogP contribution in [0.2, 0.25) is 0 Å². The second kappa shape index (κ2) is 6.02. The highest BCUT2D eigenvalue weighted by atomic mass is 16.6. The molecule has 1 saturated carbocycles. The molecule has 120 valence electrons. The molecule has 0 aromatic heterocycles. The van der Waals surface area contributed by atoms with Gasteiger partial charge < -0.3 is 9.64 Å². The Morgan fingerprint density at radius 1 is 1.29 bits per heavy atom. The van der Waals surface area contributed by atoms with Crippen molar-refractivity contribution in [1.29, 1.82) is 0 Å². The van der Waals surface area contributed by atoms with Crippen LogP contribution in [0, 0.1) is 17.3 Å². The lowest BCUT2D eigenvalue weighted by atomic mass is 9.62. The summed E-state index contributed by atoms with van der Waals surface area (Å²) in [6, 6.07) is 0.333. The highest BCUT2D eigenvalue weighted by Crippen LogP contribution is 2.49. The molecule has 0 unspecified atom stereocenters. The minimum atomic E-state index is -0.186. The Labute approximate surface area is 129 Å². The number of carbonyl (C=O) groups excluding carboxylic acids is 1. The van der Waals surface area contributed by atoms with E-state index in [9.17, 15) is 4.79 Å². The van der Waals surface area contributed by atoms with Gasteiger partial charge in [0, 0.05) is 18.0 Å². The zero-order valence-electron chi connectivity index (χ0n) is 14.5. The van der Waals surface area contributed by atoms with Gasteiger partial charge in [0.25, 0.3) is 0 Å². The first-order chi connectivity index (χ1) is 9.72. The molecule has 0 N–H and O–H groups in total. The number of hydrogen-bond acceptors (Lipinski definition) is 2. The number of nitrogens with zero attached hydrogens (tertiary/aromatic N) is 1. The molecule has 0 aromatic rings. The van der Waals surface area contributed by atoms with Crippen LogP contribution in [0.15, 0.2) is 11.8 Å². The van der Waals surface area contributed by atoms with Crippen LogP contribution in [0.25, 0.3) is 0 Å². The smallest absolute Gasteiger partial charge is 0.415 e. The fourth-order valence-corrected chi connectivity index (χ4v) is 3.93. The molecule has 2 aliphatic carbocycles. The predicted molar refractivity (Wildman–Crippen MR) is 85.9 cm³/mol. The number of allylic oxidation sites excluding steroid dienone is 2. The van der Waals surface area contributed by atoms with Crippen LogP contribution in [0.1, 0.15) is 67.2 Å². The van der Waals surface area contributed by atoms with E-state index in [0.29, 0.717) is 11.3 Å². The van der Waals surface area contributed by atoms with Crippen molar-refractivity contribution in [3.05, 3.63) is 11.8 Å². The van der Waals surface area contributed by atoms with Gasteiger partial charge in [0.05, 0.1) is 0 Å². The van der Waals surface area contributed by atoms with Gasteiger partial charge in [0.15, 0.2) is 0 Å². The van der Waals surface area contributed by atoms with Gasteiger partial charge in [-0.2, -0.15) is 0 Å². The van der Waals surface area contributed by atoms with Gasteiger partial charge in [0.2, 0.25) is 0 Å². The third-order valence-electron chi connectivity index (χ3n) is 5.35. The van der Waals surface area contributed by atoms with Crippen LogP contribution in [0.5, 0.6) is 0 Å². The lowest BCUT2D eigenvalue weighted by molar-refractivity contribution is 0.0550. The summed E-state index contributed by atoms with van der Waals surface area (Å²) in [5, 5.41) is 0. The van der Waals surface area contributed by atoms with Crippen molar-refractivity contribution < 1.29 is 9.53 Å². The second-order valence-electron chi connectivity index (χ2n) is 7.96. The summed E-state index contributed by atoms with van der Waals surface area (Å²) < 4.78 is 5.78. The number of rotatable bonds is 3. The van der Waals surface area contributed by atoms with Gasteiger partial charge >= 0.3 is 6.09 Å². The lowest BCUT2D eigenvalue weighted by Gasteiger charge is -2.45. The normalized spacial score (nSPS) is 27.5. The summed E-state index contributed by atoms with van der Waals surface area (Å²) in [5.41, 5.74) is 0.435. The van der Waals surface area contributed by atoms with Crippen molar-refractivity contribution in [3.8, 4) is 0 Å². The first-order valence-electron chi connectivity index (χ1n) is 8.42. The molecule has 0 saturated heterocycles. The highest BCUT2D eigenvalue weighted by Gasteiger charge is 2.40. The van der Waals surface area contributed by atoms with Crippen LogP contribution < -0.4 is 0 Å². The van der Waals surface area contributed by atoms with Crippen LogP contribution in [0.3, 0.4) is 0 Å². The minimum absolute atomic E-state index is 0.166. The molecule has 2 rings (SSSR count). The van der Waals surface area contributed by atoms with E-state index >= 15 is 0 Å². The van der Waals surface area contributed by atoms with Crippen LogP contribution in [-0.4, -0.2) is 23.1 Å². The van der Waals surface area contributed by atoms with Gasteiger partial charge in [-0.25, -0.2) is 4.79 Å². The molecule has 0 heterocycles. The van der Waals surface area contributed by atoms with Crippen molar-refractivity contribution in [1.82, 2.24) is 4.90 Å². The van der Waals surface area contributed by atoms with E-state index in [-0.39, 0.29) is 18.2 Å². The van der Waals surface area contributed by atoms with Crippen molar-refractivity contribution in [2.24, 2.45) is 17.3 Å². The molecular formula is C18H31NO2. The molecule has 0 aromatic carbocycles. The predicted octanol–water partition coefficient (Wildman–Crippen LogP) is 4.97. The maximum atomic E-state index is 12.4. The van der Waals surface area contributed by atoms with Gasteiger partial charge in [-0.1, -0.05) is 13.8 Å². The monoisotopic (exact) mass is 293 g/mol. The van der Waals surface area contributed by atoms with Gasteiger partial charge in [-0.15, -0.1) is 0 Å². The Morgan fingerprint density at radius 2 is 1.90 bits per heavy atom. The van der Waals surface area contributed by atoms with Gasteiger partial charge in [0.1, 0.15) is 5.76 Å². The number of fused-ring (bicyclic) bond motifs is 2. The molecule has 0 spiro atoms. The van der Waals surface area contributed by atoms with E-state index < -0.39 is 0 Å². The Bertz CT molecular complexity index is 415. The number of carbonyl (C=O) groups is 1. The molecular weight excluding hydrogens is 262 g/mol. The molecule has 0 aliphatic heterocycles. The highest BCUT2D eigenvalue weighted by molar-refractivity contribution is 5.69. The molecule has 21 heavy (non-hydrogen) atoms. The topological polar surface area (TPSA) is 29.5 Å². The molecule has 0 radical (unpaired) electrons. The summed E-state index contributed by atoms with van der Waals surface area (Å²) >= 11 is 0.